The van der Waals surface area contributed by atoms with E-state index in [-0.39, 0.29) is 11.9 Å². The highest BCUT2D eigenvalue weighted by molar-refractivity contribution is 9.10. The van der Waals surface area contributed by atoms with Crippen LogP contribution >= 0.6 is 15.9 Å². The van der Waals surface area contributed by atoms with Gasteiger partial charge in [-0.3, -0.25) is 0 Å². The summed E-state index contributed by atoms with van der Waals surface area (Å²) in [6, 6.07) is 7.98. The van der Waals surface area contributed by atoms with Gasteiger partial charge in [0.1, 0.15) is 17.3 Å². The second kappa shape index (κ2) is 5.94. The molecule has 2 aromatic carbocycles. The molecule has 0 radical (unpaired) electrons. The van der Waals surface area contributed by atoms with Crippen molar-refractivity contribution in [1.29, 1.82) is 0 Å². The first-order valence-corrected chi connectivity index (χ1v) is 7.17. The molecule has 0 aromatic heterocycles. The van der Waals surface area contributed by atoms with Crippen molar-refractivity contribution in [2.75, 3.05) is 0 Å². The van der Waals surface area contributed by atoms with Crippen LogP contribution in [0.25, 0.3) is 0 Å². The lowest BCUT2D eigenvalue weighted by Crippen LogP contribution is -2.07. The molecule has 0 aliphatic rings. The quantitative estimate of drug-likeness (QED) is 0.853. The fourth-order valence-electron chi connectivity index (χ4n) is 2.06. The zero-order valence-electron chi connectivity index (χ0n) is 11.7. The van der Waals surface area contributed by atoms with Crippen molar-refractivity contribution < 1.29 is 9.13 Å². The Morgan fingerprint density at radius 3 is 2.30 bits per heavy atom. The van der Waals surface area contributed by atoms with Gasteiger partial charge in [0.15, 0.2) is 0 Å². The van der Waals surface area contributed by atoms with Crippen LogP contribution in [0.5, 0.6) is 11.5 Å². The van der Waals surface area contributed by atoms with Gasteiger partial charge in [0.05, 0.1) is 0 Å². The first kappa shape index (κ1) is 15.0. The molecule has 0 saturated carbocycles. The molecule has 2 rings (SSSR count). The van der Waals surface area contributed by atoms with Crippen molar-refractivity contribution in [2.45, 2.75) is 26.8 Å². The van der Waals surface area contributed by atoms with E-state index in [1.54, 1.807) is 13.0 Å². The molecule has 4 heteroatoms. The van der Waals surface area contributed by atoms with Gasteiger partial charge < -0.3 is 10.5 Å². The van der Waals surface area contributed by atoms with Crippen LogP contribution in [0, 0.1) is 19.7 Å². The Labute approximate surface area is 126 Å². The third-order valence-electron chi connectivity index (χ3n) is 3.10. The van der Waals surface area contributed by atoms with Gasteiger partial charge in [0.25, 0.3) is 0 Å². The Kier molecular flexibility index (Phi) is 4.45. The van der Waals surface area contributed by atoms with Crippen molar-refractivity contribution in [3.63, 3.8) is 0 Å². The van der Waals surface area contributed by atoms with E-state index in [9.17, 15) is 4.39 Å². The van der Waals surface area contributed by atoms with Crippen molar-refractivity contribution in [2.24, 2.45) is 5.73 Å². The standard InChI is InChI=1S/C16H17BrFNO/c1-9-6-13(7-10(2)16(9)17)20-15-5-4-12(18)8-14(15)11(3)19/h4-8,11H,19H2,1-3H3/t11-/m0/s1. The van der Waals surface area contributed by atoms with Gasteiger partial charge in [0, 0.05) is 16.1 Å². The van der Waals surface area contributed by atoms with Crippen LogP contribution in [0.1, 0.15) is 29.7 Å². The Bertz CT molecular complexity index is 617. The topological polar surface area (TPSA) is 35.2 Å². The molecule has 2 aromatic rings. The number of hydrogen-bond donors (Lipinski definition) is 1. The zero-order valence-corrected chi connectivity index (χ0v) is 13.3. The van der Waals surface area contributed by atoms with Crippen molar-refractivity contribution in [3.8, 4) is 11.5 Å². The second-order valence-electron chi connectivity index (χ2n) is 4.94. The Hall–Kier alpha value is -1.39. The highest BCUT2D eigenvalue weighted by Gasteiger charge is 2.11. The van der Waals surface area contributed by atoms with E-state index >= 15 is 0 Å². The summed E-state index contributed by atoms with van der Waals surface area (Å²) >= 11 is 3.52. The SMILES string of the molecule is Cc1cc(Oc2ccc(F)cc2[C@H](C)N)cc(C)c1Br. The first-order chi connectivity index (χ1) is 9.38. The lowest BCUT2D eigenvalue weighted by Gasteiger charge is -2.15. The molecule has 2 N–H and O–H groups in total. The van der Waals surface area contributed by atoms with Crippen LogP contribution in [-0.2, 0) is 0 Å². The number of halogens is 2. The summed E-state index contributed by atoms with van der Waals surface area (Å²) in [5.41, 5.74) is 8.70. The van der Waals surface area contributed by atoms with Gasteiger partial charge in [-0.2, -0.15) is 0 Å². The molecule has 0 heterocycles. The summed E-state index contributed by atoms with van der Waals surface area (Å²) in [5.74, 6) is 0.993. The largest absolute Gasteiger partial charge is 0.457 e. The molecular formula is C16H17BrFNO. The number of nitrogens with two attached hydrogens (primary N) is 1. The molecule has 0 spiro atoms. The minimum atomic E-state index is -0.312. The van der Waals surface area contributed by atoms with Crippen molar-refractivity contribution in [3.05, 3.63) is 57.3 Å². The molecule has 0 aliphatic heterocycles. The molecule has 0 unspecified atom stereocenters. The fourth-order valence-corrected chi connectivity index (χ4v) is 2.29. The summed E-state index contributed by atoms with van der Waals surface area (Å²) < 4.78 is 20.3. The molecule has 106 valence electrons. The summed E-state index contributed by atoms with van der Waals surface area (Å²) in [5, 5.41) is 0. The minimum Gasteiger partial charge on any atom is -0.457 e. The van der Waals surface area contributed by atoms with Crippen molar-refractivity contribution >= 4 is 15.9 Å². The maximum Gasteiger partial charge on any atom is 0.132 e. The van der Waals surface area contributed by atoms with Crippen LogP contribution in [0.2, 0.25) is 0 Å². The first-order valence-electron chi connectivity index (χ1n) is 6.38. The Morgan fingerprint density at radius 2 is 1.75 bits per heavy atom. The smallest absolute Gasteiger partial charge is 0.132 e. The van der Waals surface area contributed by atoms with Crippen LogP contribution in [0.4, 0.5) is 4.39 Å². The van der Waals surface area contributed by atoms with Gasteiger partial charge in [-0.05, 0) is 62.2 Å². The van der Waals surface area contributed by atoms with Crippen LogP contribution < -0.4 is 10.5 Å². The van der Waals surface area contributed by atoms with E-state index in [0.717, 1.165) is 21.3 Å². The van der Waals surface area contributed by atoms with Crippen molar-refractivity contribution in [1.82, 2.24) is 0 Å². The molecule has 0 fully saturated rings. The van der Waals surface area contributed by atoms with E-state index in [4.69, 9.17) is 10.5 Å². The lowest BCUT2D eigenvalue weighted by molar-refractivity contribution is 0.468. The normalized spacial score (nSPS) is 12.3. The highest BCUT2D eigenvalue weighted by atomic mass is 79.9. The monoisotopic (exact) mass is 337 g/mol. The second-order valence-corrected chi connectivity index (χ2v) is 5.74. The molecule has 0 bridgehead atoms. The van der Waals surface area contributed by atoms with Gasteiger partial charge >= 0.3 is 0 Å². The van der Waals surface area contributed by atoms with Crippen LogP contribution in [0.15, 0.2) is 34.8 Å². The lowest BCUT2D eigenvalue weighted by atomic mass is 10.1. The molecule has 1 atom stereocenters. The number of ether oxygens (including phenoxy) is 1. The van der Waals surface area contributed by atoms with E-state index in [1.807, 2.05) is 26.0 Å². The summed E-state index contributed by atoms with van der Waals surface area (Å²) in [4.78, 5) is 0. The molecule has 0 amide bonds. The van der Waals surface area contributed by atoms with Gasteiger partial charge in [-0.15, -0.1) is 0 Å². The summed E-state index contributed by atoms with van der Waals surface area (Å²) in [7, 11) is 0. The maximum atomic E-state index is 13.3. The summed E-state index contributed by atoms with van der Waals surface area (Å²) in [6.07, 6.45) is 0. The predicted molar refractivity (Wildman–Crippen MR) is 82.7 cm³/mol. The van der Waals surface area contributed by atoms with E-state index in [2.05, 4.69) is 15.9 Å². The zero-order chi connectivity index (χ0) is 14.9. The van der Waals surface area contributed by atoms with Gasteiger partial charge in [-0.1, -0.05) is 15.9 Å². The van der Waals surface area contributed by atoms with Crippen LogP contribution in [-0.4, -0.2) is 0 Å². The summed E-state index contributed by atoms with van der Waals surface area (Å²) in [6.45, 7) is 5.81. The van der Waals surface area contributed by atoms with E-state index in [0.29, 0.717) is 11.3 Å². The fraction of sp³-hybridized carbons (Fsp3) is 0.250. The predicted octanol–water partition coefficient (Wildman–Crippen LogP) is 5.02. The number of benzene rings is 2. The number of hydrogen-bond acceptors (Lipinski definition) is 2. The molecule has 20 heavy (non-hydrogen) atoms. The molecule has 2 nitrogen and oxygen atoms in total. The molecule has 0 saturated heterocycles. The Balaban J connectivity index is 2.40. The van der Waals surface area contributed by atoms with E-state index < -0.39 is 0 Å². The third-order valence-corrected chi connectivity index (χ3v) is 4.35. The minimum absolute atomic E-state index is 0.293. The van der Waals surface area contributed by atoms with Gasteiger partial charge in [0.2, 0.25) is 0 Å². The average Bonchev–Trinajstić information content (AvgIpc) is 2.37. The Morgan fingerprint density at radius 1 is 1.15 bits per heavy atom. The highest BCUT2D eigenvalue weighted by Crippen LogP contribution is 2.32. The maximum absolute atomic E-state index is 13.3. The average molecular weight is 338 g/mol. The molecule has 0 aliphatic carbocycles. The van der Waals surface area contributed by atoms with Crippen LogP contribution in [0.3, 0.4) is 0 Å². The van der Waals surface area contributed by atoms with Gasteiger partial charge in [-0.25, -0.2) is 4.39 Å². The number of rotatable bonds is 3. The van der Waals surface area contributed by atoms with E-state index in [1.165, 1.54) is 12.1 Å². The third kappa shape index (κ3) is 3.19. The number of aryl methyl sites for hydroxylation is 2. The molecular weight excluding hydrogens is 321 g/mol.